The van der Waals surface area contributed by atoms with Gasteiger partial charge in [-0.25, -0.2) is 14.8 Å². The number of likely N-dealkylation sites (tertiary alicyclic amines) is 1. The summed E-state index contributed by atoms with van der Waals surface area (Å²) >= 11 is 0. The lowest BCUT2D eigenvalue weighted by Gasteiger charge is -2.17. The lowest BCUT2D eigenvalue weighted by atomic mass is 10.1. The van der Waals surface area contributed by atoms with Gasteiger partial charge < -0.3 is 14.8 Å². The molecule has 1 saturated heterocycles. The second-order valence-electron chi connectivity index (χ2n) is 6.64. The monoisotopic (exact) mass is 349 g/mol. The van der Waals surface area contributed by atoms with Gasteiger partial charge in [0.05, 0.1) is 0 Å². The molecule has 134 valence electrons. The fraction of sp³-hybridized carbons (Fsp3) is 0.350. The van der Waals surface area contributed by atoms with E-state index in [-0.39, 0.29) is 11.9 Å². The van der Waals surface area contributed by atoms with Crippen molar-refractivity contribution in [1.82, 2.24) is 24.8 Å². The van der Waals surface area contributed by atoms with Gasteiger partial charge in [0.25, 0.3) is 0 Å². The number of carbonyl (C=O) groups is 1. The maximum absolute atomic E-state index is 12.5. The van der Waals surface area contributed by atoms with Crippen molar-refractivity contribution >= 4 is 17.2 Å². The molecule has 2 amide bonds. The number of aromatic nitrogens is 3. The average molecular weight is 349 g/mol. The molecular formula is C20H23N5O. The molecule has 1 atom stereocenters. The lowest BCUT2D eigenvalue weighted by Crippen LogP contribution is -2.38. The highest BCUT2D eigenvalue weighted by atomic mass is 16.2. The number of rotatable bonds is 4. The fourth-order valence-electron chi connectivity index (χ4n) is 3.64. The first-order chi connectivity index (χ1) is 12.8. The van der Waals surface area contributed by atoms with E-state index in [1.807, 2.05) is 47.4 Å². The molecule has 3 aromatic rings. The molecule has 2 aromatic heterocycles. The van der Waals surface area contributed by atoms with E-state index in [1.165, 1.54) is 0 Å². The number of pyridine rings is 1. The lowest BCUT2D eigenvalue weighted by molar-refractivity contribution is 0.207. The van der Waals surface area contributed by atoms with Crippen LogP contribution in [0.2, 0.25) is 0 Å². The van der Waals surface area contributed by atoms with Crippen LogP contribution >= 0.6 is 0 Å². The van der Waals surface area contributed by atoms with Crippen LogP contribution in [0.15, 0.2) is 48.7 Å². The van der Waals surface area contributed by atoms with Crippen molar-refractivity contribution in [2.45, 2.75) is 32.4 Å². The van der Waals surface area contributed by atoms with E-state index < -0.39 is 0 Å². The average Bonchev–Trinajstić information content (AvgIpc) is 3.31. The van der Waals surface area contributed by atoms with Crippen LogP contribution in [0.5, 0.6) is 0 Å². The minimum absolute atomic E-state index is 0.00589. The second-order valence-corrected chi connectivity index (χ2v) is 6.64. The summed E-state index contributed by atoms with van der Waals surface area (Å²) in [5.41, 5.74) is 2.96. The minimum atomic E-state index is -0.00589. The summed E-state index contributed by atoms with van der Waals surface area (Å²) in [6, 6.07) is 13.9. The van der Waals surface area contributed by atoms with Crippen molar-refractivity contribution < 1.29 is 4.79 Å². The van der Waals surface area contributed by atoms with Gasteiger partial charge in [-0.1, -0.05) is 30.3 Å². The van der Waals surface area contributed by atoms with Crippen LogP contribution in [0, 0.1) is 0 Å². The molecule has 4 rings (SSSR count). The van der Waals surface area contributed by atoms with Gasteiger partial charge in [-0.05, 0) is 31.0 Å². The van der Waals surface area contributed by atoms with E-state index in [2.05, 4.69) is 21.8 Å². The number of hydrogen-bond donors (Lipinski definition) is 1. The standard InChI is InChI=1S/C20H23N5O/c1-2-25-18(23-17-9-6-11-21-19(17)25)16-10-12-24(14-16)20(26)22-13-15-7-4-3-5-8-15/h3-9,11,16H,2,10,12-14H2,1H3,(H,22,26)/t16-/m1/s1. The third-order valence-electron chi connectivity index (χ3n) is 4.98. The van der Waals surface area contributed by atoms with Crippen LogP contribution in [0.25, 0.3) is 11.2 Å². The number of benzene rings is 1. The Morgan fingerprint density at radius 2 is 2.08 bits per heavy atom. The molecule has 1 aliphatic heterocycles. The maximum Gasteiger partial charge on any atom is 0.317 e. The Kier molecular flexibility index (Phi) is 4.56. The molecule has 26 heavy (non-hydrogen) atoms. The molecule has 6 nitrogen and oxygen atoms in total. The van der Waals surface area contributed by atoms with E-state index in [0.29, 0.717) is 13.1 Å². The molecule has 0 aliphatic carbocycles. The van der Waals surface area contributed by atoms with Crippen LogP contribution in [0.3, 0.4) is 0 Å². The zero-order valence-electron chi connectivity index (χ0n) is 14.9. The van der Waals surface area contributed by atoms with E-state index >= 15 is 0 Å². The van der Waals surface area contributed by atoms with Gasteiger partial charge in [0, 0.05) is 38.3 Å². The molecule has 1 N–H and O–H groups in total. The number of nitrogens with zero attached hydrogens (tertiary/aromatic N) is 4. The Bertz CT molecular complexity index is 905. The van der Waals surface area contributed by atoms with Gasteiger partial charge in [0.2, 0.25) is 0 Å². The predicted molar refractivity (Wildman–Crippen MR) is 101 cm³/mol. The molecule has 1 fully saturated rings. The van der Waals surface area contributed by atoms with Crippen molar-refractivity contribution in [3.63, 3.8) is 0 Å². The highest BCUT2D eigenvalue weighted by molar-refractivity contribution is 5.75. The van der Waals surface area contributed by atoms with Crippen LogP contribution in [0.4, 0.5) is 4.79 Å². The molecule has 6 heteroatoms. The highest BCUT2D eigenvalue weighted by Crippen LogP contribution is 2.29. The zero-order chi connectivity index (χ0) is 17.9. The van der Waals surface area contributed by atoms with Crippen LogP contribution in [-0.4, -0.2) is 38.6 Å². The van der Waals surface area contributed by atoms with E-state index in [9.17, 15) is 4.79 Å². The van der Waals surface area contributed by atoms with Gasteiger partial charge in [-0.3, -0.25) is 0 Å². The summed E-state index contributed by atoms with van der Waals surface area (Å²) in [7, 11) is 0. The smallest absolute Gasteiger partial charge is 0.317 e. The van der Waals surface area contributed by atoms with E-state index in [1.54, 1.807) is 6.20 Å². The van der Waals surface area contributed by atoms with Gasteiger partial charge in [-0.2, -0.15) is 0 Å². The van der Waals surface area contributed by atoms with E-state index in [4.69, 9.17) is 4.98 Å². The molecule has 0 spiro atoms. The maximum atomic E-state index is 12.5. The fourth-order valence-corrected chi connectivity index (χ4v) is 3.64. The first-order valence-electron chi connectivity index (χ1n) is 9.14. The zero-order valence-corrected chi connectivity index (χ0v) is 14.9. The Labute approximate surface area is 152 Å². The molecule has 3 heterocycles. The molecule has 0 unspecified atom stereocenters. The topological polar surface area (TPSA) is 63.1 Å². The van der Waals surface area contributed by atoms with Crippen molar-refractivity contribution in [2.75, 3.05) is 13.1 Å². The van der Waals surface area contributed by atoms with Crippen molar-refractivity contribution in [3.05, 3.63) is 60.0 Å². The number of hydrogen-bond acceptors (Lipinski definition) is 3. The number of carbonyl (C=O) groups excluding carboxylic acids is 1. The van der Waals surface area contributed by atoms with Crippen LogP contribution in [-0.2, 0) is 13.1 Å². The molecule has 1 aliphatic rings. The minimum Gasteiger partial charge on any atom is -0.334 e. The number of fused-ring (bicyclic) bond motifs is 1. The molecular weight excluding hydrogens is 326 g/mol. The molecule has 0 radical (unpaired) electrons. The van der Waals surface area contributed by atoms with Crippen LogP contribution < -0.4 is 5.32 Å². The Balaban J connectivity index is 1.44. The summed E-state index contributed by atoms with van der Waals surface area (Å²) < 4.78 is 2.17. The predicted octanol–water partition coefficient (Wildman–Crippen LogP) is 3.15. The third kappa shape index (κ3) is 3.14. The van der Waals surface area contributed by atoms with Gasteiger partial charge in [0.1, 0.15) is 11.3 Å². The van der Waals surface area contributed by atoms with E-state index in [0.717, 1.165) is 42.1 Å². The van der Waals surface area contributed by atoms with Crippen molar-refractivity contribution in [3.8, 4) is 0 Å². The summed E-state index contributed by atoms with van der Waals surface area (Å²) in [4.78, 5) is 23.7. The highest BCUT2D eigenvalue weighted by Gasteiger charge is 2.30. The summed E-state index contributed by atoms with van der Waals surface area (Å²) in [6.07, 6.45) is 2.74. The summed E-state index contributed by atoms with van der Waals surface area (Å²) in [5, 5.41) is 3.02. The first-order valence-corrected chi connectivity index (χ1v) is 9.14. The number of aryl methyl sites for hydroxylation is 1. The quantitative estimate of drug-likeness (QED) is 0.787. The normalized spacial score (nSPS) is 17.0. The van der Waals surface area contributed by atoms with Gasteiger partial charge >= 0.3 is 6.03 Å². The number of imidazole rings is 1. The Morgan fingerprint density at radius 1 is 1.23 bits per heavy atom. The molecule has 0 saturated carbocycles. The van der Waals surface area contributed by atoms with Crippen molar-refractivity contribution in [2.24, 2.45) is 0 Å². The van der Waals surface area contributed by atoms with Gasteiger partial charge in [-0.15, -0.1) is 0 Å². The second kappa shape index (κ2) is 7.15. The Hall–Kier alpha value is -2.89. The number of urea groups is 1. The van der Waals surface area contributed by atoms with Crippen LogP contribution in [0.1, 0.15) is 30.7 Å². The Morgan fingerprint density at radius 3 is 2.88 bits per heavy atom. The first kappa shape index (κ1) is 16.6. The summed E-state index contributed by atoms with van der Waals surface area (Å²) in [5.74, 6) is 1.30. The van der Waals surface area contributed by atoms with Gasteiger partial charge in [0.15, 0.2) is 5.65 Å². The number of nitrogens with one attached hydrogen (secondary N) is 1. The molecule has 1 aromatic carbocycles. The molecule has 0 bridgehead atoms. The van der Waals surface area contributed by atoms with Crippen molar-refractivity contribution in [1.29, 1.82) is 0 Å². The SMILES string of the molecule is CCn1c([C@@H]2CCN(C(=O)NCc3ccccc3)C2)nc2cccnc21. The summed E-state index contributed by atoms with van der Waals surface area (Å²) in [6.45, 7) is 4.95. The third-order valence-corrected chi connectivity index (χ3v) is 4.98. The number of amides is 2. The largest absolute Gasteiger partial charge is 0.334 e.